The first kappa shape index (κ1) is 15.2. The second-order valence-corrected chi connectivity index (χ2v) is 4.53. The van der Waals surface area contributed by atoms with Gasteiger partial charge in [-0.3, -0.25) is 4.79 Å². The third-order valence-corrected chi connectivity index (χ3v) is 2.48. The lowest BCUT2D eigenvalue weighted by atomic mass is 10.2. The highest BCUT2D eigenvalue weighted by atomic mass is 35.5. The third-order valence-electron chi connectivity index (χ3n) is 2.20. The van der Waals surface area contributed by atoms with Crippen LogP contribution in [0.25, 0.3) is 0 Å². The minimum absolute atomic E-state index is 0.0975. The van der Waals surface area contributed by atoms with Gasteiger partial charge >= 0.3 is 6.03 Å². The molecule has 1 aromatic rings. The van der Waals surface area contributed by atoms with Crippen molar-refractivity contribution in [3.8, 4) is 0 Å². The van der Waals surface area contributed by atoms with Gasteiger partial charge in [-0.1, -0.05) is 25.4 Å². The summed E-state index contributed by atoms with van der Waals surface area (Å²) >= 11 is 5.88. The Bertz CT molecular complexity index is 478. The van der Waals surface area contributed by atoms with Gasteiger partial charge in [0.15, 0.2) is 0 Å². The van der Waals surface area contributed by atoms with Gasteiger partial charge < -0.3 is 16.4 Å². The van der Waals surface area contributed by atoms with Gasteiger partial charge in [-0.05, 0) is 0 Å². The van der Waals surface area contributed by atoms with E-state index in [0.717, 1.165) is 0 Å². The highest BCUT2D eigenvalue weighted by Crippen LogP contribution is 2.15. The van der Waals surface area contributed by atoms with Crippen molar-refractivity contribution in [1.29, 1.82) is 0 Å². The summed E-state index contributed by atoms with van der Waals surface area (Å²) in [6, 6.07) is -0.642. The Morgan fingerprint density at radius 1 is 1.37 bits per heavy atom. The SMILES string of the molecule is CC(C)c1ncc(Cl)c(C(=O)NCCNC(N)=O)n1. The predicted molar refractivity (Wildman–Crippen MR) is 71.1 cm³/mol. The molecule has 3 amide bonds. The van der Waals surface area contributed by atoms with E-state index < -0.39 is 11.9 Å². The number of hydrogen-bond donors (Lipinski definition) is 3. The summed E-state index contributed by atoms with van der Waals surface area (Å²) < 4.78 is 0. The lowest BCUT2D eigenvalue weighted by Gasteiger charge is -2.09. The maximum Gasteiger partial charge on any atom is 0.312 e. The van der Waals surface area contributed by atoms with Crippen LogP contribution in [0.15, 0.2) is 6.20 Å². The molecule has 0 bridgehead atoms. The molecule has 7 nitrogen and oxygen atoms in total. The summed E-state index contributed by atoms with van der Waals surface area (Å²) in [4.78, 5) is 30.5. The van der Waals surface area contributed by atoms with Crippen LogP contribution in [0.1, 0.15) is 36.1 Å². The smallest absolute Gasteiger partial charge is 0.312 e. The molecule has 1 heterocycles. The molecule has 104 valence electrons. The number of urea groups is 1. The molecule has 1 rings (SSSR count). The zero-order valence-electron chi connectivity index (χ0n) is 10.7. The van der Waals surface area contributed by atoms with E-state index in [1.54, 1.807) is 0 Å². The fourth-order valence-electron chi connectivity index (χ4n) is 1.26. The Kier molecular flexibility index (Phi) is 5.50. The molecule has 1 aromatic heterocycles. The summed E-state index contributed by atoms with van der Waals surface area (Å²) in [5.74, 6) is 0.228. The molecule has 19 heavy (non-hydrogen) atoms. The van der Waals surface area contributed by atoms with Crippen LogP contribution in [0.3, 0.4) is 0 Å². The molecule has 0 unspecified atom stereocenters. The van der Waals surface area contributed by atoms with Crippen LogP contribution in [-0.2, 0) is 0 Å². The van der Waals surface area contributed by atoms with Crippen molar-refractivity contribution in [3.05, 3.63) is 22.7 Å². The number of nitrogens with one attached hydrogen (secondary N) is 2. The van der Waals surface area contributed by atoms with Crippen LogP contribution >= 0.6 is 11.6 Å². The van der Waals surface area contributed by atoms with E-state index in [4.69, 9.17) is 17.3 Å². The number of nitrogens with zero attached hydrogens (tertiary/aromatic N) is 2. The van der Waals surface area contributed by atoms with Crippen LogP contribution in [0.5, 0.6) is 0 Å². The van der Waals surface area contributed by atoms with Gasteiger partial charge in [0.25, 0.3) is 5.91 Å². The minimum atomic E-state index is -0.642. The molecule has 0 saturated heterocycles. The standard InChI is InChI=1S/C11H16ClN5O2/c1-6(2)9-16-5-7(12)8(17-9)10(18)14-3-4-15-11(13)19/h5-6H,3-4H2,1-2H3,(H,14,18)(H3,13,15,19). The molecular formula is C11H16ClN5O2. The van der Waals surface area contributed by atoms with Crippen molar-refractivity contribution >= 4 is 23.5 Å². The van der Waals surface area contributed by atoms with Crippen molar-refractivity contribution in [3.63, 3.8) is 0 Å². The van der Waals surface area contributed by atoms with Crippen LogP contribution < -0.4 is 16.4 Å². The molecule has 0 radical (unpaired) electrons. The quantitative estimate of drug-likeness (QED) is 0.690. The van der Waals surface area contributed by atoms with E-state index in [0.29, 0.717) is 5.82 Å². The summed E-state index contributed by atoms with van der Waals surface area (Å²) in [6.07, 6.45) is 1.40. The lowest BCUT2D eigenvalue weighted by Crippen LogP contribution is -2.37. The normalized spacial score (nSPS) is 10.3. The fraction of sp³-hybridized carbons (Fsp3) is 0.455. The van der Waals surface area contributed by atoms with Crippen LogP contribution in [0, 0.1) is 0 Å². The molecule has 0 aliphatic carbocycles. The van der Waals surface area contributed by atoms with Crippen molar-refractivity contribution < 1.29 is 9.59 Å². The number of carbonyl (C=O) groups is 2. The molecule has 0 spiro atoms. The molecule has 4 N–H and O–H groups in total. The van der Waals surface area contributed by atoms with E-state index in [2.05, 4.69) is 20.6 Å². The first-order chi connectivity index (χ1) is 8.91. The number of halogens is 1. The second-order valence-electron chi connectivity index (χ2n) is 4.13. The zero-order chi connectivity index (χ0) is 14.4. The zero-order valence-corrected chi connectivity index (χ0v) is 11.5. The highest BCUT2D eigenvalue weighted by Gasteiger charge is 2.14. The van der Waals surface area contributed by atoms with Gasteiger partial charge in [0.2, 0.25) is 0 Å². The van der Waals surface area contributed by atoms with Gasteiger partial charge in [-0.2, -0.15) is 0 Å². The molecule has 0 saturated carbocycles. The first-order valence-corrected chi connectivity index (χ1v) is 6.13. The summed E-state index contributed by atoms with van der Waals surface area (Å²) in [5.41, 5.74) is 5.02. The maximum absolute atomic E-state index is 11.9. The van der Waals surface area contributed by atoms with Crippen LogP contribution in [0.4, 0.5) is 4.79 Å². The summed E-state index contributed by atoms with van der Waals surface area (Å²) in [5, 5.41) is 5.12. The van der Waals surface area contributed by atoms with Crippen molar-refractivity contribution in [2.75, 3.05) is 13.1 Å². The minimum Gasteiger partial charge on any atom is -0.352 e. The van der Waals surface area contributed by atoms with E-state index in [1.807, 2.05) is 13.8 Å². The average molecular weight is 286 g/mol. The van der Waals surface area contributed by atoms with E-state index >= 15 is 0 Å². The van der Waals surface area contributed by atoms with Gasteiger partial charge in [-0.15, -0.1) is 0 Å². The highest BCUT2D eigenvalue weighted by molar-refractivity contribution is 6.33. The number of hydrogen-bond acceptors (Lipinski definition) is 4. The van der Waals surface area contributed by atoms with Crippen LogP contribution in [0.2, 0.25) is 5.02 Å². The summed E-state index contributed by atoms with van der Waals surface area (Å²) in [7, 11) is 0. The Balaban J connectivity index is 2.65. The maximum atomic E-state index is 11.9. The molecular weight excluding hydrogens is 270 g/mol. The first-order valence-electron chi connectivity index (χ1n) is 5.75. The van der Waals surface area contributed by atoms with Crippen molar-refractivity contribution in [1.82, 2.24) is 20.6 Å². The molecule has 0 atom stereocenters. The molecule has 0 fully saturated rings. The topological polar surface area (TPSA) is 110 Å². The van der Waals surface area contributed by atoms with Crippen molar-refractivity contribution in [2.24, 2.45) is 5.73 Å². The Morgan fingerprint density at radius 2 is 2.00 bits per heavy atom. The van der Waals surface area contributed by atoms with Crippen LogP contribution in [-0.4, -0.2) is 35.0 Å². The third kappa shape index (κ3) is 4.70. The van der Waals surface area contributed by atoms with Crippen molar-refractivity contribution in [2.45, 2.75) is 19.8 Å². The van der Waals surface area contributed by atoms with Gasteiger partial charge in [0.1, 0.15) is 11.5 Å². The average Bonchev–Trinajstić information content (AvgIpc) is 2.34. The molecule has 0 aromatic carbocycles. The Morgan fingerprint density at radius 3 is 2.58 bits per heavy atom. The fourth-order valence-corrected chi connectivity index (χ4v) is 1.44. The number of primary amides is 1. The molecule has 0 aliphatic rings. The second kappa shape index (κ2) is 6.89. The monoisotopic (exact) mass is 285 g/mol. The van der Waals surface area contributed by atoms with Gasteiger partial charge in [0, 0.05) is 19.0 Å². The van der Waals surface area contributed by atoms with E-state index in [9.17, 15) is 9.59 Å². The number of rotatable bonds is 5. The Labute approximate surface area is 115 Å². The number of aromatic nitrogens is 2. The van der Waals surface area contributed by atoms with Gasteiger partial charge in [0.05, 0.1) is 11.2 Å². The van der Waals surface area contributed by atoms with Gasteiger partial charge in [-0.25, -0.2) is 14.8 Å². The molecule has 0 aliphatic heterocycles. The predicted octanol–water partition coefficient (Wildman–Crippen LogP) is 0.651. The number of nitrogens with two attached hydrogens (primary N) is 1. The van der Waals surface area contributed by atoms with E-state index in [-0.39, 0.29) is 29.7 Å². The van der Waals surface area contributed by atoms with E-state index in [1.165, 1.54) is 6.20 Å². The number of amides is 3. The largest absolute Gasteiger partial charge is 0.352 e. The lowest BCUT2D eigenvalue weighted by molar-refractivity contribution is 0.0948. The number of carbonyl (C=O) groups excluding carboxylic acids is 2. The molecule has 8 heteroatoms. The summed E-state index contributed by atoms with van der Waals surface area (Å²) in [6.45, 7) is 4.31. The Hall–Kier alpha value is -1.89.